The van der Waals surface area contributed by atoms with Crippen molar-refractivity contribution in [3.63, 3.8) is 0 Å². The molecule has 1 N–H and O–H groups in total. The number of hydrazine groups is 1. The maximum Gasteiger partial charge on any atom is 0.271 e. The number of anilines is 1. The minimum absolute atomic E-state index is 0.115. The molecular formula is C23H26N4O4S. The second-order valence-corrected chi connectivity index (χ2v) is 9.90. The van der Waals surface area contributed by atoms with Gasteiger partial charge >= 0.3 is 0 Å². The van der Waals surface area contributed by atoms with E-state index in [0.29, 0.717) is 11.4 Å². The Bertz CT molecular complexity index is 1170. The number of benzene rings is 2. The van der Waals surface area contributed by atoms with Crippen molar-refractivity contribution >= 4 is 27.5 Å². The van der Waals surface area contributed by atoms with Crippen LogP contribution in [0.2, 0.25) is 0 Å². The van der Waals surface area contributed by atoms with E-state index in [-0.39, 0.29) is 49.3 Å². The van der Waals surface area contributed by atoms with E-state index in [1.54, 1.807) is 35.2 Å². The minimum atomic E-state index is -3.60. The van der Waals surface area contributed by atoms with E-state index in [9.17, 15) is 18.0 Å². The Morgan fingerprint density at radius 2 is 1.59 bits per heavy atom. The number of carbonyl (C=O) groups is 2. The normalized spacial score (nSPS) is 17.7. The van der Waals surface area contributed by atoms with Gasteiger partial charge in [-0.3, -0.25) is 15.0 Å². The van der Waals surface area contributed by atoms with Gasteiger partial charge in [-0.25, -0.2) is 13.4 Å². The molecule has 1 saturated heterocycles. The first-order valence-electron chi connectivity index (χ1n) is 10.5. The lowest BCUT2D eigenvalue weighted by molar-refractivity contribution is -0.129. The van der Waals surface area contributed by atoms with Crippen molar-refractivity contribution in [3.8, 4) is 0 Å². The van der Waals surface area contributed by atoms with E-state index >= 15 is 0 Å². The molecule has 0 bridgehead atoms. The zero-order chi connectivity index (χ0) is 22.9. The van der Waals surface area contributed by atoms with Crippen molar-refractivity contribution in [3.05, 3.63) is 71.4 Å². The molecule has 2 aromatic carbocycles. The smallest absolute Gasteiger partial charge is 0.271 e. The highest BCUT2D eigenvalue weighted by molar-refractivity contribution is 7.89. The number of amides is 2. The highest BCUT2D eigenvalue weighted by Gasteiger charge is 2.33. The molecule has 2 heterocycles. The summed E-state index contributed by atoms with van der Waals surface area (Å²) in [5.41, 5.74) is 5.88. The van der Waals surface area contributed by atoms with Gasteiger partial charge in [0.1, 0.15) is 5.70 Å². The molecule has 0 atom stereocenters. The molecule has 0 aliphatic carbocycles. The van der Waals surface area contributed by atoms with Crippen molar-refractivity contribution in [2.24, 2.45) is 0 Å². The lowest BCUT2D eigenvalue weighted by atomic mass is 10.1. The monoisotopic (exact) mass is 454 g/mol. The lowest BCUT2D eigenvalue weighted by Gasteiger charge is -2.36. The van der Waals surface area contributed by atoms with E-state index in [1.807, 2.05) is 38.1 Å². The van der Waals surface area contributed by atoms with E-state index in [1.165, 1.54) is 9.31 Å². The molecule has 2 amide bonds. The first-order chi connectivity index (χ1) is 15.3. The Labute approximate surface area is 188 Å². The first kappa shape index (κ1) is 22.0. The number of carbonyl (C=O) groups excluding carboxylic acids is 2. The topological polar surface area (TPSA) is 90.0 Å². The number of piperazine rings is 1. The fourth-order valence-corrected chi connectivity index (χ4v) is 5.24. The molecular weight excluding hydrogens is 428 g/mol. The second kappa shape index (κ2) is 8.76. The number of nitrogens with one attached hydrogen (secondary N) is 1. The van der Waals surface area contributed by atoms with Gasteiger partial charge < -0.3 is 4.90 Å². The second-order valence-electron chi connectivity index (χ2n) is 7.96. The van der Waals surface area contributed by atoms with Gasteiger partial charge in [0, 0.05) is 32.6 Å². The average Bonchev–Trinajstić information content (AvgIpc) is 2.80. The zero-order valence-electron chi connectivity index (χ0n) is 18.1. The number of para-hydroxylation sites is 1. The molecule has 168 valence electrons. The van der Waals surface area contributed by atoms with Crippen molar-refractivity contribution in [1.82, 2.24) is 14.6 Å². The van der Waals surface area contributed by atoms with Crippen LogP contribution in [0.4, 0.5) is 5.69 Å². The van der Waals surface area contributed by atoms with Crippen LogP contribution >= 0.6 is 0 Å². The molecule has 1 fully saturated rings. The number of aryl methyl sites for hydroxylation is 2. The Morgan fingerprint density at radius 1 is 0.938 bits per heavy atom. The number of nitrogens with zero attached hydrogens (tertiary/aromatic N) is 3. The molecule has 0 spiro atoms. The Hall–Kier alpha value is -3.17. The van der Waals surface area contributed by atoms with E-state index in [2.05, 4.69) is 5.43 Å². The molecule has 32 heavy (non-hydrogen) atoms. The molecule has 8 nitrogen and oxygen atoms in total. The third-order valence-electron chi connectivity index (χ3n) is 5.73. The van der Waals surface area contributed by atoms with E-state index in [0.717, 1.165) is 11.1 Å². The lowest BCUT2D eigenvalue weighted by Crippen LogP contribution is -2.54. The summed E-state index contributed by atoms with van der Waals surface area (Å²) in [4.78, 5) is 27.4. The first-order valence-corrected chi connectivity index (χ1v) is 11.9. The van der Waals surface area contributed by atoms with Crippen molar-refractivity contribution in [2.45, 2.75) is 25.2 Å². The number of rotatable bonds is 4. The number of hydrogen-bond donors (Lipinski definition) is 1. The Kier molecular flexibility index (Phi) is 6.03. The van der Waals surface area contributed by atoms with Crippen molar-refractivity contribution in [2.75, 3.05) is 31.2 Å². The molecule has 2 aliphatic rings. The summed E-state index contributed by atoms with van der Waals surface area (Å²) in [6.45, 7) is 4.80. The SMILES string of the molecule is Cc1ccc(S(=O)(=O)N2CCN(C(=O)C3=CCC(=O)N(c4ccccc4C)N3)CC2)cc1. The summed E-state index contributed by atoms with van der Waals surface area (Å²) in [5.74, 6) is -0.395. The average molecular weight is 455 g/mol. The molecule has 0 aromatic heterocycles. The maximum absolute atomic E-state index is 13.1. The summed E-state index contributed by atoms with van der Waals surface area (Å²) >= 11 is 0. The summed E-state index contributed by atoms with van der Waals surface area (Å²) in [6, 6.07) is 14.2. The maximum atomic E-state index is 13.1. The Morgan fingerprint density at radius 3 is 2.25 bits per heavy atom. The summed E-state index contributed by atoms with van der Waals surface area (Å²) < 4.78 is 27.2. The molecule has 0 saturated carbocycles. The zero-order valence-corrected chi connectivity index (χ0v) is 18.9. The molecule has 2 aliphatic heterocycles. The van der Waals surface area contributed by atoms with E-state index in [4.69, 9.17) is 0 Å². The molecule has 0 unspecified atom stereocenters. The van der Waals surface area contributed by atoms with Crippen LogP contribution < -0.4 is 10.4 Å². The van der Waals surface area contributed by atoms with Gasteiger partial charge in [-0.1, -0.05) is 35.9 Å². The van der Waals surface area contributed by atoms with Gasteiger partial charge in [0.15, 0.2) is 0 Å². The number of hydrogen-bond acceptors (Lipinski definition) is 5. The predicted octanol–water partition coefficient (Wildman–Crippen LogP) is 1.96. The van der Waals surface area contributed by atoms with Crippen LogP contribution in [0.1, 0.15) is 17.5 Å². The van der Waals surface area contributed by atoms with Crippen LogP contribution in [-0.4, -0.2) is 55.6 Å². The van der Waals surface area contributed by atoms with Gasteiger partial charge in [0.25, 0.3) is 5.91 Å². The van der Waals surface area contributed by atoms with Crippen molar-refractivity contribution < 1.29 is 18.0 Å². The fraction of sp³-hybridized carbons (Fsp3) is 0.304. The highest BCUT2D eigenvalue weighted by atomic mass is 32.2. The van der Waals surface area contributed by atoms with Gasteiger partial charge in [0.2, 0.25) is 15.9 Å². The van der Waals surface area contributed by atoms with Gasteiger partial charge in [-0.15, -0.1) is 0 Å². The summed E-state index contributed by atoms with van der Waals surface area (Å²) in [5, 5.41) is 1.40. The van der Waals surface area contributed by atoms with Gasteiger partial charge in [0.05, 0.1) is 10.6 Å². The van der Waals surface area contributed by atoms with Crippen LogP contribution in [-0.2, 0) is 19.6 Å². The molecule has 9 heteroatoms. The third-order valence-corrected chi connectivity index (χ3v) is 7.65. The summed E-state index contributed by atoms with van der Waals surface area (Å²) in [7, 11) is -3.60. The van der Waals surface area contributed by atoms with Crippen LogP contribution in [0.25, 0.3) is 0 Å². The largest absolute Gasteiger partial charge is 0.335 e. The van der Waals surface area contributed by atoms with Gasteiger partial charge in [-0.05, 0) is 43.7 Å². The van der Waals surface area contributed by atoms with Crippen LogP contribution in [0.3, 0.4) is 0 Å². The predicted molar refractivity (Wildman–Crippen MR) is 121 cm³/mol. The van der Waals surface area contributed by atoms with Crippen LogP contribution in [0, 0.1) is 13.8 Å². The van der Waals surface area contributed by atoms with Crippen molar-refractivity contribution in [1.29, 1.82) is 0 Å². The fourth-order valence-electron chi connectivity index (χ4n) is 3.81. The molecule has 2 aromatic rings. The van der Waals surface area contributed by atoms with Crippen LogP contribution in [0.5, 0.6) is 0 Å². The Balaban J connectivity index is 1.43. The molecule has 4 rings (SSSR count). The summed E-state index contributed by atoms with van der Waals surface area (Å²) in [6.07, 6.45) is 1.71. The number of sulfonamides is 1. The quantitative estimate of drug-likeness (QED) is 0.763. The highest BCUT2D eigenvalue weighted by Crippen LogP contribution is 2.23. The van der Waals surface area contributed by atoms with E-state index < -0.39 is 10.0 Å². The van der Waals surface area contributed by atoms with Gasteiger partial charge in [-0.2, -0.15) is 4.31 Å². The third kappa shape index (κ3) is 4.26. The van der Waals surface area contributed by atoms with Crippen LogP contribution in [0.15, 0.2) is 65.2 Å². The minimum Gasteiger partial charge on any atom is -0.335 e. The molecule has 0 radical (unpaired) electrons. The standard InChI is InChI=1S/C23H26N4O4S/c1-17-7-9-19(10-8-17)32(30,31)26-15-13-25(14-16-26)23(29)20-11-12-22(28)27(24-20)21-6-4-3-5-18(21)2/h3-11,24H,12-16H2,1-2H3.